The van der Waals surface area contributed by atoms with E-state index in [0.29, 0.717) is 6.42 Å². The summed E-state index contributed by atoms with van der Waals surface area (Å²) in [5.41, 5.74) is 0. The van der Waals surface area contributed by atoms with Crippen molar-refractivity contribution in [2.45, 2.75) is 154 Å². The molecule has 1 amide bonds. The van der Waals surface area contributed by atoms with E-state index in [9.17, 15) is 9.90 Å². The highest BCUT2D eigenvalue weighted by Gasteiger charge is 2.19. The van der Waals surface area contributed by atoms with E-state index in [4.69, 9.17) is 14.4 Å². The fourth-order valence-electron chi connectivity index (χ4n) is 4.22. The summed E-state index contributed by atoms with van der Waals surface area (Å²) in [4.78, 5) is 12.5. The van der Waals surface area contributed by atoms with Crippen LogP contribution in [0.15, 0.2) is 12.2 Å². The van der Waals surface area contributed by atoms with Crippen LogP contribution in [0.5, 0.6) is 0 Å². The Labute approximate surface area is 225 Å². The monoisotopic (exact) mass is 528 g/mol. The van der Waals surface area contributed by atoms with Crippen molar-refractivity contribution in [2.75, 3.05) is 6.61 Å². The van der Waals surface area contributed by atoms with Gasteiger partial charge >= 0.3 is 0 Å². The van der Waals surface area contributed by atoms with Crippen LogP contribution in [0.3, 0.4) is 0 Å². The molecular weight excluding hydrogens is 468 g/mol. The van der Waals surface area contributed by atoms with Crippen LogP contribution in [0.25, 0.3) is 0 Å². The molecule has 0 aliphatic rings. The largest absolute Gasteiger partial charge is 0.423 e. The van der Waals surface area contributed by atoms with Crippen LogP contribution in [-0.2, 0) is 9.22 Å². The summed E-state index contributed by atoms with van der Waals surface area (Å²) in [6.07, 6.45) is 26.4. The van der Waals surface area contributed by atoms with E-state index in [-0.39, 0.29) is 12.5 Å². The molecule has 0 aromatic rings. The average molecular weight is 529 g/mol. The minimum atomic E-state index is -3.30. The number of nitrogens with one attached hydrogen (secondary N) is 1. The molecule has 0 saturated heterocycles. The van der Waals surface area contributed by atoms with Gasteiger partial charge in [-0.1, -0.05) is 129 Å². The Bertz CT molecular complexity index is 562. The number of rotatable bonds is 27. The second-order valence-electron chi connectivity index (χ2n) is 9.96. The topological polar surface area (TPSA) is 58.6 Å². The second kappa shape index (κ2) is 26.9. The summed E-state index contributed by atoms with van der Waals surface area (Å²) >= 11 is 0. The highest BCUT2D eigenvalue weighted by atomic mass is 31.3. The molecule has 0 aliphatic carbocycles. The van der Waals surface area contributed by atoms with Crippen molar-refractivity contribution in [1.29, 1.82) is 2.51 Å². The van der Waals surface area contributed by atoms with Gasteiger partial charge in [0.05, 0.1) is 27.5 Å². The first kappa shape index (κ1) is 31.1. The lowest BCUT2D eigenvalue weighted by Gasteiger charge is -2.23. The third-order valence-corrected chi connectivity index (χ3v) is 7.40. The molecule has 0 fully saturated rings. The van der Waals surface area contributed by atoms with Gasteiger partial charge in [-0.05, 0) is 19.3 Å². The summed E-state index contributed by atoms with van der Waals surface area (Å²) in [7, 11) is 1.94. The summed E-state index contributed by atoms with van der Waals surface area (Å²) < 4.78 is 20.8. The van der Waals surface area contributed by atoms with Crippen molar-refractivity contribution < 1.29 is 14.3 Å². The molecule has 4 atom stereocenters. The quantitative estimate of drug-likeness (QED) is 0.0522. The molecular formula is C28H57BNO3PSi. The van der Waals surface area contributed by atoms with E-state index >= 15 is 0 Å². The molecule has 2 radical (unpaired) electrons. The Morgan fingerprint density at radius 3 is 1.97 bits per heavy atom. The second-order valence-corrected chi connectivity index (χ2v) is 12.5. The zero-order chi connectivity index (χ0) is 27.6. The van der Waals surface area contributed by atoms with Crippen molar-refractivity contribution in [3.8, 4) is 0 Å². The van der Waals surface area contributed by atoms with Gasteiger partial charge in [0.2, 0.25) is 5.91 Å². The van der Waals surface area contributed by atoms with Gasteiger partial charge < -0.3 is 14.8 Å². The Morgan fingerprint density at radius 2 is 1.46 bits per heavy atom. The molecule has 0 aromatic heterocycles. The Kier molecular flexibility index (Phi) is 23.9. The predicted octanol–water partition coefficient (Wildman–Crippen LogP) is 7.01. The first-order valence-corrected chi connectivity index (χ1v) is 17.6. The molecule has 2 N–H and O–H groups in total. The molecule has 2 unspecified atom stereocenters. The molecule has 204 valence electrons. The number of amides is 1. The highest BCUT2D eigenvalue weighted by molar-refractivity contribution is 7.70. The van der Waals surface area contributed by atoms with E-state index < -0.39 is 29.4 Å². The van der Waals surface area contributed by atoms with Crippen molar-refractivity contribution >= 4 is 30.6 Å². The first-order valence-electron chi connectivity index (χ1n) is 15.6. The van der Waals surface area contributed by atoms with E-state index in [2.05, 4.69) is 19.2 Å². The smallest absolute Gasteiger partial charge is 0.220 e. The van der Waals surface area contributed by atoms with Crippen LogP contribution in [0, 0.1) is 0 Å². The molecule has 0 saturated carbocycles. The van der Waals surface area contributed by atoms with E-state index in [0.717, 1.165) is 32.1 Å². The van der Waals surface area contributed by atoms with Gasteiger partial charge in [0, 0.05) is 7.66 Å². The number of carbonyl (C=O) groups is 1. The number of unbranched alkanes of at least 4 members (excludes halogenated alkanes) is 17. The number of hydrogen-bond donors (Lipinski definition) is 2. The fourth-order valence-corrected chi connectivity index (χ4v) is 4.83. The number of aliphatic hydroxyl groups is 1. The maximum absolute atomic E-state index is 12.5. The third-order valence-electron chi connectivity index (χ3n) is 6.49. The lowest BCUT2D eigenvalue weighted by Crippen LogP contribution is -2.46. The molecule has 0 heterocycles. The Balaban J connectivity index is 4.27. The fraction of sp³-hybridized carbons (Fsp3) is 0.893. The standard InChI is InChI=1S/C28H57BNO3PSi/c1-3-5-7-9-11-13-14-16-18-20-22-24-28(32)30-26(25-33-35(29)34)27(31)23-21-19-17-15-12-10-8-6-4-2/h21,23,26-27,31,35H,3-20,22,24-25,34H2,1-2H3,(H,30,32)/t26-,27+,35?/m0/s1/i34T,35D/t26-,27+,34?,35?. The molecule has 0 rings (SSSR count). The van der Waals surface area contributed by atoms with Crippen molar-refractivity contribution in [1.82, 2.24) is 5.32 Å². The average Bonchev–Trinajstić information content (AvgIpc) is 2.88. The van der Waals surface area contributed by atoms with Gasteiger partial charge in [-0.25, -0.2) is 0 Å². The molecule has 4 nitrogen and oxygen atoms in total. The summed E-state index contributed by atoms with van der Waals surface area (Å²) in [6.45, 7) is 4.43. The number of aliphatic hydroxyl groups excluding tert-OH is 1. The zero-order valence-corrected chi connectivity index (χ0v) is 25.0. The van der Waals surface area contributed by atoms with Crippen LogP contribution < -0.4 is 5.32 Å². The predicted molar refractivity (Wildman–Crippen MR) is 159 cm³/mol. The molecule has 35 heavy (non-hydrogen) atoms. The van der Waals surface area contributed by atoms with Gasteiger partial charge in [-0.15, -0.1) is 8.73 Å². The number of allylic oxidation sites excluding steroid dienone is 1. The highest BCUT2D eigenvalue weighted by Crippen LogP contribution is 2.13. The molecule has 0 spiro atoms. The maximum Gasteiger partial charge on any atom is 0.220 e. The van der Waals surface area contributed by atoms with E-state index in [1.54, 1.807) is 6.08 Å². The minimum absolute atomic E-state index is 0.0367. The Hall–Kier alpha value is -0.158. The summed E-state index contributed by atoms with van der Waals surface area (Å²) in [5.74, 6) is -0.105. The lowest BCUT2D eigenvalue weighted by molar-refractivity contribution is -0.122. The summed E-state index contributed by atoms with van der Waals surface area (Å²) in [6, 6.07) is -0.650. The zero-order valence-electron chi connectivity index (χ0n) is 25.0. The normalized spacial score (nSPS) is 16.3. The van der Waals surface area contributed by atoms with Crippen molar-refractivity contribution in [3.63, 3.8) is 0 Å². The first-order chi connectivity index (χ1) is 17.9. The SMILES string of the molecule is [2H][Si]([B])(OC[C@H](NC(=O)CCCCCCCCCCCCC)[C@H](O)C=CCCCCCCCCC)P[3H]. The minimum Gasteiger partial charge on any atom is -0.423 e. The molecule has 0 bridgehead atoms. The van der Waals surface area contributed by atoms with Gasteiger partial charge in [0.1, 0.15) is 8.51 Å². The number of carbonyl (C=O) groups excluding carboxylic acids is 1. The van der Waals surface area contributed by atoms with Crippen LogP contribution in [-0.4, -0.2) is 48.2 Å². The van der Waals surface area contributed by atoms with Crippen molar-refractivity contribution in [2.24, 2.45) is 0 Å². The van der Waals surface area contributed by atoms with Gasteiger partial charge in [0.15, 0.2) is 0 Å². The molecule has 0 aliphatic heterocycles. The van der Waals surface area contributed by atoms with Crippen LogP contribution >= 0.6 is 8.73 Å². The van der Waals surface area contributed by atoms with Gasteiger partial charge in [-0.3, -0.25) is 4.79 Å². The van der Waals surface area contributed by atoms with E-state index in [1.807, 2.05) is 6.08 Å². The maximum atomic E-state index is 12.5. The van der Waals surface area contributed by atoms with Crippen LogP contribution in [0.2, 0.25) is 0 Å². The van der Waals surface area contributed by atoms with Gasteiger partial charge in [-0.2, -0.15) is 0 Å². The van der Waals surface area contributed by atoms with Crippen LogP contribution in [0.4, 0.5) is 0 Å². The van der Waals surface area contributed by atoms with Crippen LogP contribution in [0.1, 0.15) is 142 Å². The number of hydrogen-bond acceptors (Lipinski definition) is 3. The third kappa shape index (κ3) is 25.3. The molecule has 7 heteroatoms. The Morgan fingerprint density at radius 1 is 0.971 bits per heavy atom. The van der Waals surface area contributed by atoms with E-state index in [1.165, 1.54) is 89.9 Å². The lowest BCUT2D eigenvalue weighted by atomic mass is 10.0. The van der Waals surface area contributed by atoms with Gasteiger partial charge in [0.25, 0.3) is 0 Å². The van der Waals surface area contributed by atoms with Crippen molar-refractivity contribution in [3.05, 3.63) is 12.2 Å². The summed E-state index contributed by atoms with van der Waals surface area (Å²) in [5, 5.41) is 13.6. The molecule has 0 aromatic carbocycles.